The lowest BCUT2D eigenvalue weighted by Gasteiger charge is -2.57. The first-order valence-electron chi connectivity index (χ1n) is 11.7. The Balaban J connectivity index is 1.27. The molecule has 1 amide bonds. The Bertz CT molecular complexity index is 881. The van der Waals surface area contributed by atoms with Crippen molar-refractivity contribution in [2.24, 2.45) is 17.8 Å². The van der Waals surface area contributed by atoms with Crippen LogP contribution in [-0.2, 0) is 10.2 Å². The second kappa shape index (κ2) is 7.76. The van der Waals surface area contributed by atoms with Gasteiger partial charge in [-0.1, -0.05) is 37.3 Å². The minimum absolute atomic E-state index is 0.0803. The molecule has 1 atom stereocenters. The van der Waals surface area contributed by atoms with Crippen molar-refractivity contribution < 1.29 is 9.53 Å². The normalized spacial score (nSPS) is 30.1. The summed E-state index contributed by atoms with van der Waals surface area (Å²) >= 11 is 0. The third-order valence-electron chi connectivity index (χ3n) is 7.83. The first-order valence-corrected chi connectivity index (χ1v) is 11.7. The smallest absolute Gasteiger partial charge is 0.265 e. The van der Waals surface area contributed by atoms with Crippen LogP contribution in [0, 0.1) is 24.7 Å². The molecule has 4 saturated carbocycles. The zero-order valence-corrected chi connectivity index (χ0v) is 18.2. The van der Waals surface area contributed by atoms with E-state index < -0.39 is 6.10 Å². The molecule has 4 aliphatic carbocycles. The summed E-state index contributed by atoms with van der Waals surface area (Å²) in [6, 6.07) is 16.6. The van der Waals surface area contributed by atoms with Gasteiger partial charge in [-0.2, -0.15) is 0 Å². The van der Waals surface area contributed by atoms with E-state index in [0.29, 0.717) is 11.8 Å². The Labute approximate surface area is 180 Å². The number of nitrogens with one attached hydrogen (secondary N) is 1. The van der Waals surface area contributed by atoms with Gasteiger partial charge in [-0.3, -0.25) is 4.79 Å². The van der Waals surface area contributed by atoms with E-state index in [9.17, 15) is 4.79 Å². The molecule has 0 aliphatic heterocycles. The van der Waals surface area contributed by atoms with Crippen LogP contribution in [0.1, 0.15) is 63.0 Å². The molecule has 6 rings (SSSR count). The predicted molar refractivity (Wildman–Crippen MR) is 121 cm³/mol. The molecule has 0 saturated heterocycles. The Morgan fingerprint density at radius 1 is 1.00 bits per heavy atom. The standard InChI is InChI=1S/C27H33NO2/c1-3-24(30-25-7-5-4-6-18(25)2)26(29)28-23-10-8-22(9-11-23)27-15-19-12-20(16-27)14-21(13-19)17-27/h4-11,19-21,24H,3,12-17H2,1-2H3,(H,28,29). The number of hydrogen-bond donors (Lipinski definition) is 1. The summed E-state index contributed by atoms with van der Waals surface area (Å²) < 4.78 is 6.00. The molecule has 1 N–H and O–H groups in total. The lowest BCUT2D eigenvalue weighted by Crippen LogP contribution is -2.48. The van der Waals surface area contributed by atoms with Crippen LogP contribution >= 0.6 is 0 Å². The highest BCUT2D eigenvalue weighted by atomic mass is 16.5. The van der Waals surface area contributed by atoms with Crippen molar-refractivity contribution in [1.82, 2.24) is 0 Å². The summed E-state index contributed by atoms with van der Waals surface area (Å²) in [7, 11) is 0. The Kier molecular flexibility index (Phi) is 5.08. The molecule has 30 heavy (non-hydrogen) atoms. The maximum Gasteiger partial charge on any atom is 0.265 e. The number of ether oxygens (including phenoxy) is 1. The number of rotatable bonds is 6. The summed E-state index contributed by atoms with van der Waals surface area (Å²) in [6.07, 6.45) is 8.64. The average molecular weight is 404 g/mol. The number of anilines is 1. The fourth-order valence-electron chi connectivity index (χ4n) is 6.76. The first kappa shape index (κ1) is 19.7. The van der Waals surface area contributed by atoms with Gasteiger partial charge in [0, 0.05) is 5.69 Å². The second-order valence-corrected chi connectivity index (χ2v) is 10.0. The maximum absolute atomic E-state index is 12.8. The molecule has 158 valence electrons. The van der Waals surface area contributed by atoms with Gasteiger partial charge in [-0.15, -0.1) is 0 Å². The van der Waals surface area contributed by atoms with Crippen molar-refractivity contribution in [3.63, 3.8) is 0 Å². The van der Waals surface area contributed by atoms with Crippen LogP contribution < -0.4 is 10.1 Å². The monoisotopic (exact) mass is 403 g/mol. The summed E-state index contributed by atoms with van der Waals surface area (Å²) in [5.74, 6) is 3.53. The Morgan fingerprint density at radius 3 is 2.17 bits per heavy atom. The highest BCUT2D eigenvalue weighted by molar-refractivity contribution is 5.94. The van der Waals surface area contributed by atoms with Gasteiger partial charge in [-0.05, 0) is 104 Å². The van der Waals surface area contributed by atoms with Crippen LogP contribution in [0.25, 0.3) is 0 Å². The molecule has 3 nitrogen and oxygen atoms in total. The Hall–Kier alpha value is -2.29. The molecule has 4 fully saturated rings. The number of carbonyl (C=O) groups is 1. The zero-order valence-electron chi connectivity index (χ0n) is 18.2. The van der Waals surface area contributed by atoms with E-state index in [-0.39, 0.29) is 5.91 Å². The van der Waals surface area contributed by atoms with Crippen LogP contribution in [0.5, 0.6) is 5.75 Å². The quantitative estimate of drug-likeness (QED) is 0.618. The zero-order chi connectivity index (χ0) is 20.7. The van der Waals surface area contributed by atoms with Crippen LogP contribution in [-0.4, -0.2) is 12.0 Å². The SMILES string of the molecule is CCC(Oc1ccccc1C)C(=O)Nc1ccc(C23CC4CC(CC(C4)C2)C3)cc1. The summed E-state index contributed by atoms with van der Waals surface area (Å²) in [6.45, 7) is 3.99. The largest absolute Gasteiger partial charge is 0.480 e. The third kappa shape index (κ3) is 3.64. The number of aryl methyl sites for hydroxylation is 1. The number of benzene rings is 2. The van der Waals surface area contributed by atoms with Gasteiger partial charge in [0.05, 0.1) is 0 Å². The van der Waals surface area contributed by atoms with Gasteiger partial charge >= 0.3 is 0 Å². The van der Waals surface area contributed by atoms with Crippen molar-refractivity contribution in [1.29, 1.82) is 0 Å². The minimum atomic E-state index is -0.492. The summed E-state index contributed by atoms with van der Waals surface area (Å²) in [5.41, 5.74) is 3.80. The van der Waals surface area contributed by atoms with E-state index >= 15 is 0 Å². The van der Waals surface area contributed by atoms with Crippen molar-refractivity contribution >= 4 is 11.6 Å². The molecule has 2 aromatic rings. The molecule has 2 aromatic carbocycles. The van der Waals surface area contributed by atoms with Gasteiger partial charge in [0.25, 0.3) is 5.91 Å². The predicted octanol–water partition coefficient (Wildman–Crippen LogP) is 6.26. The lowest BCUT2D eigenvalue weighted by atomic mass is 9.48. The van der Waals surface area contributed by atoms with Gasteiger partial charge in [0.15, 0.2) is 6.10 Å². The fraction of sp³-hybridized carbons (Fsp3) is 0.519. The van der Waals surface area contributed by atoms with E-state index in [0.717, 1.165) is 34.8 Å². The molecule has 3 heteroatoms. The molecule has 0 heterocycles. The van der Waals surface area contributed by atoms with E-state index in [1.807, 2.05) is 38.1 Å². The average Bonchev–Trinajstić information content (AvgIpc) is 2.72. The Morgan fingerprint density at radius 2 is 1.60 bits per heavy atom. The van der Waals surface area contributed by atoms with Crippen LogP contribution in [0.2, 0.25) is 0 Å². The fourth-order valence-corrected chi connectivity index (χ4v) is 6.76. The molecule has 0 aromatic heterocycles. The number of hydrogen-bond acceptors (Lipinski definition) is 2. The van der Waals surface area contributed by atoms with Crippen LogP contribution in [0.3, 0.4) is 0 Å². The van der Waals surface area contributed by atoms with E-state index in [4.69, 9.17) is 4.74 Å². The van der Waals surface area contributed by atoms with Crippen molar-refractivity contribution in [3.05, 3.63) is 59.7 Å². The van der Waals surface area contributed by atoms with E-state index in [1.54, 1.807) is 0 Å². The highest BCUT2D eigenvalue weighted by Gasteiger charge is 2.51. The summed E-state index contributed by atoms with van der Waals surface area (Å²) in [5, 5.41) is 3.07. The van der Waals surface area contributed by atoms with Gasteiger partial charge < -0.3 is 10.1 Å². The molecular weight excluding hydrogens is 370 g/mol. The first-order chi connectivity index (χ1) is 14.5. The molecule has 0 spiro atoms. The molecule has 4 bridgehead atoms. The number of amides is 1. The molecule has 4 aliphatic rings. The van der Waals surface area contributed by atoms with E-state index in [2.05, 4.69) is 29.6 Å². The van der Waals surface area contributed by atoms with Gasteiger partial charge in [0.2, 0.25) is 0 Å². The van der Waals surface area contributed by atoms with Crippen LogP contribution in [0.15, 0.2) is 48.5 Å². The second-order valence-electron chi connectivity index (χ2n) is 10.0. The topological polar surface area (TPSA) is 38.3 Å². The maximum atomic E-state index is 12.8. The van der Waals surface area contributed by atoms with Crippen molar-refractivity contribution in [2.45, 2.75) is 70.3 Å². The molecule has 1 unspecified atom stereocenters. The number of para-hydroxylation sites is 1. The lowest BCUT2D eigenvalue weighted by molar-refractivity contribution is -0.122. The summed E-state index contributed by atoms with van der Waals surface area (Å²) in [4.78, 5) is 12.8. The van der Waals surface area contributed by atoms with Crippen molar-refractivity contribution in [2.75, 3.05) is 5.32 Å². The van der Waals surface area contributed by atoms with Gasteiger partial charge in [-0.25, -0.2) is 0 Å². The molecular formula is C27H33NO2. The number of carbonyl (C=O) groups excluding carboxylic acids is 1. The third-order valence-corrected chi connectivity index (χ3v) is 7.83. The van der Waals surface area contributed by atoms with Crippen molar-refractivity contribution in [3.8, 4) is 5.75 Å². The highest BCUT2D eigenvalue weighted by Crippen LogP contribution is 2.60. The molecule has 0 radical (unpaired) electrons. The van der Waals surface area contributed by atoms with Gasteiger partial charge in [0.1, 0.15) is 5.75 Å². The van der Waals surface area contributed by atoms with E-state index in [1.165, 1.54) is 44.1 Å². The van der Waals surface area contributed by atoms with Crippen LogP contribution in [0.4, 0.5) is 5.69 Å². The minimum Gasteiger partial charge on any atom is -0.480 e.